The highest BCUT2D eigenvalue weighted by molar-refractivity contribution is 5.92. The van der Waals surface area contributed by atoms with Crippen LogP contribution in [0.1, 0.15) is 22.5 Å². The largest absolute Gasteiger partial charge is 0.354 e. The van der Waals surface area contributed by atoms with Gasteiger partial charge in [-0.05, 0) is 36.3 Å². The van der Waals surface area contributed by atoms with Crippen molar-refractivity contribution in [3.8, 4) is 0 Å². The first-order valence-electron chi connectivity index (χ1n) is 10.7. The molecule has 0 spiro atoms. The Morgan fingerprint density at radius 3 is 2.77 bits per heavy atom. The minimum atomic E-state index is -0.0819. The summed E-state index contributed by atoms with van der Waals surface area (Å²) >= 11 is 0. The third kappa shape index (κ3) is 5.27. The van der Waals surface area contributed by atoms with E-state index in [1.807, 2.05) is 47.4 Å². The summed E-state index contributed by atoms with van der Waals surface area (Å²) < 4.78 is 1.61. The quantitative estimate of drug-likeness (QED) is 0.655. The van der Waals surface area contributed by atoms with E-state index in [9.17, 15) is 9.59 Å². The molecule has 0 aliphatic carbocycles. The number of amides is 2. The number of fused-ring (bicyclic) bond motifs is 1. The molecule has 31 heavy (non-hydrogen) atoms. The Morgan fingerprint density at radius 1 is 1.03 bits per heavy atom. The van der Waals surface area contributed by atoms with Gasteiger partial charge in [0.05, 0.1) is 19.2 Å². The first kappa shape index (κ1) is 21.0. The maximum Gasteiger partial charge on any atom is 0.276 e. The highest BCUT2D eigenvalue weighted by Crippen LogP contribution is 2.18. The van der Waals surface area contributed by atoms with Crippen molar-refractivity contribution >= 4 is 22.6 Å². The summed E-state index contributed by atoms with van der Waals surface area (Å²) in [4.78, 5) is 29.2. The van der Waals surface area contributed by atoms with Gasteiger partial charge in [0.2, 0.25) is 5.91 Å². The van der Waals surface area contributed by atoms with Gasteiger partial charge in [-0.25, -0.2) is 4.68 Å². The van der Waals surface area contributed by atoms with E-state index in [2.05, 4.69) is 27.6 Å². The number of benzene rings is 2. The number of nitrogens with one attached hydrogen (secondary N) is 1. The second-order valence-electron chi connectivity index (χ2n) is 7.98. The number of rotatable bonds is 6. The van der Waals surface area contributed by atoms with Gasteiger partial charge >= 0.3 is 0 Å². The van der Waals surface area contributed by atoms with Gasteiger partial charge in [-0.2, -0.15) is 0 Å². The highest BCUT2D eigenvalue weighted by Gasteiger charge is 2.21. The molecule has 0 saturated carbocycles. The molecule has 2 aromatic carbocycles. The molecule has 1 saturated heterocycles. The summed E-state index contributed by atoms with van der Waals surface area (Å²) in [5.41, 5.74) is 1.36. The maximum atomic E-state index is 12.7. The standard InChI is InChI=1S/C23H28N6O2/c1-27-11-5-12-28(15-14-27)23(31)21-17-29(26-25-21)13-10-24-22(30)16-19-8-4-7-18-6-2-3-9-20(18)19/h2-4,6-9,17H,5,10-16H2,1H3,(H,24,30). The van der Waals surface area contributed by atoms with Gasteiger partial charge in [0.25, 0.3) is 5.91 Å². The maximum absolute atomic E-state index is 12.7. The van der Waals surface area contributed by atoms with Crippen LogP contribution in [-0.4, -0.2) is 76.4 Å². The van der Waals surface area contributed by atoms with Gasteiger partial charge in [-0.3, -0.25) is 9.59 Å². The molecule has 4 rings (SSSR count). The minimum Gasteiger partial charge on any atom is -0.354 e. The van der Waals surface area contributed by atoms with E-state index in [0.717, 1.165) is 42.4 Å². The summed E-state index contributed by atoms with van der Waals surface area (Å²) in [7, 11) is 2.07. The van der Waals surface area contributed by atoms with Crippen molar-refractivity contribution < 1.29 is 9.59 Å². The highest BCUT2D eigenvalue weighted by atomic mass is 16.2. The van der Waals surface area contributed by atoms with Crippen LogP contribution >= 0.6 is 0 Å². The molecule has 1 fully saturated rings. The van der Waals surface area contributed by atoms with E-state index in [-0.39, 0.29) is 11.8 Å². The Bertz CT molecular complexity index is 1060. The molecular weight excluding hydrogens is 392 g/mol. The van der Waals surface area contributed by atoms with Crippen molar-refractivity contribution in [2.45, 2.75) is 19.4 Å². The number of hydrogen-bond donors (Lipinski definition) is 1. The average molecular weight is 421 g/mol. The van der Waals surface area contributed by atoms with Crippen molar-refractivity contribution in [3.63, 3.8) is 0 Å². The summed E-state index contributed by atoms with van der Waals surface area (Å²) in [5.74, 6) is -0.122. The molecule has 1 aliphatic rings. The van der Waals surface area contributed by atoms with Crippen LogP contribution in [0.2, 0.25) is 0 Å². The molecule has 1 aliphatic heterocycles. The van der Waals surface area contributed by atoms with E-state index >= 15 is 0 Å². The first-order chi connectivity index (χ1) is 15.1. The molecule has 3 aromatic rings. The fourth-order valence-electron chi connectivity index (χ4n) is 3.91. The van der Waals surface area contributed by atoms with Crippen LogP contribution in [0, 0.1) is 0 Å². The summed E-state index contributed by atoms with van der Waals surface area (Å²) in [5, 5.41) is 13.2. The van der Waals surface area contributed by atoms with E-state index in [1.165, 1.54) is 0 Å². The fraction of sp³-hybridized carbons (Fsp3) is 0.391. The van der Waals surface area contributed by atoms with E-state index in [1.54, 1.807) is 10.9 Å². The number of carbonyl (C=O) groups is 2. The molecule has 0 unspecified atom stereocenters. The normalized spacial score (nSPS) is 15.1. The first-order valence-corrected chi connectivity index (χ1v) is 10.7. The minimum absolute atomic E-state index is 0.0403. The molecule has 8 nitrogen and oxygen atoms in total. The van der Waals surface area contributed by atoms with Crippen molar-refractivity contribution in [3.05, 3.63) is 59.9 Å². The lowest BCUT2D eigenvalue weighted by Gasteiger charge is -2.18. The van der Waals surface area contributed by atoms with E-state index in [0.29, 0.717) is 31.7 Å². The monoisotopic (exact) mass is 420 g/mol. The predicted molar refractivity (Wildman–Crippen MR) is 119 cm³/mol. The molecule has 162 valence electrons. The van der Waals surface area contributed by atoms with Crippen molar-refractivity contribution in [2.24, 2.45) is 0 Å². The fourth-order valence-corrected chi connectivity index (χ4v) is 3.91. The van der Waals surface area contributed by atoms with Crippen LogP contribution in [0.5, 0.6) is 0 Å². The summed E-state index contributed by atoms with van der Waals surface area (Å²) in [6.45, 7) is 4.18. The van der Waals surface area contributed by atoms with Gasteiger partial charge in [0, 0.05) is 26.2 Å². The number of likely N-dealkylation sites (N-methyl/N-ethyl adjacent to an activating group) is 1. The van der Waals surface area contributed by atoms with Crippen molar-refractivity contribution in [1.29, 1.82) is 0 Å². The average Bonchev–Trinajstić information content (AvgIpc) is 3.14. The van der Waals surface area contributed by atoms with Crippen LogP contribution in [-0.2, 0) is 17.8 Å². The Kier molecular flexibility index (Phi) is 6.57. The molecule has 1 aromatic heterocycles. The lowest BCUT2D eigenvalue weighted by atomic mass is 10.0. The Hall–Kier alpha value is -3.26. The lowest BCUT2D eigenvalue weighted by Crippen LogP contribution is -2.34. The van der Waals surface area contributed by atoms with E-state index < -0.39 is 0 Å². The van der Waals surface area contributed by atoms with Crippen LogP contribution in [0.4, 0.5) is 0 Å². The zero-order valence-electron chi connectivity index (χ0n) is 17.8. The smallest absolute Gasteiger partial charge is 0.276 e. The topological polar surface area (TPSA) is 83.4 Å². The molecule has 0 bridgehead atoms. The molecule has 2 amide bonds. The number of carbonyl (C=O) groups excluding carboxylic acids is 2. The summed E-state index contributed by atoms with van der Waals surface area (Å²) in [6.07, 6.45) is 2.94. The second-order valence-corrected chi connectivity index (χ2v) is 7.98. The number of aromatic nitrogens is 3. The molecular formula is C23H28N6O2. The Labute approximate surface area is 181 Å². The Balaban J connectivity index is 1.28. The lowest BCUT2D eigenvalue weighted by molar-refractivity contribution is -0.120. The third-order valence-corrected chi connectivity index (χ3v) is 5.66. The summed E-state index contributed by atoms with van der Waals surface area (Å²) in [6, 6.07) is 14.1. The van der Waals surface area contributed by atoms with Crippen molar-refractivity contribution in [2.75, 3.05) is 39.8 Å². The number of hydrogen-bond acceptors (Lipinski definition) is 5. The van der Waals surface area contributed by atoms with E-state index in [4.69, 9.17) is 0 Å². The molecule has 2 heterocycles. The van der Waals surface area contributed by atoms with Gasteiger partial charge in [0.15, 0.2) is 5.69 Å². The van der Waals surface area contributed by atoms with Gasteiger partial charge in [0.1, 0.15) is 0 Å². The van der Waals surface area contributed by atoms with Gasteiger partial charge in [-0.15, -0.1) is 5.10 Å². The SMILES string of the molecule is CN1CCCN(C(=O)c2cn(CCNC(=O)Cc3cccc4ccccc34)nn2)CC1. The number of nitrogens with zero attached hydrogens (tertiary/aromatic N) is 5. The molecule has 0 radical (unpaired) electrons. The second kappa shape index (κ2) is 9.70. The predicted octanol–water partition coefficient (Wildman–Crippen LogP) is 1.57. The van der Waals surface area contributed by atoms with Gasteiger partial charge < -0.3 is 15.1 Å². The molecule has 1 N–H and O–H groups in total. The third-order valence-electron chi connectivity index (χ3n) is 5.66. The van der Waals surface area contributed by atoms with Crippen LogP contribution in [0.15, 0.2) is 48.7 Å². The zero-order chi connectivity index (χ0) is 21.6. The van der Waals surface area contributed by atoms with Crippen LogP contribution in [0.25, 0.3) is 10.8 Å². The van der Waals surface area contributed by atoms with Gasteiger partial charge in [-0.1, -0.05) is 47.7 Å². The van der Waals surface area contributed by atoms with Crippen LogP contribution in [0.3, 0.4) is 0 Å². The van der Waals surface area contributed by atoms with Crippen molar-refractivity contribution in [1.82, 2.24) is 30.1 Å². The molecule has 0 atom stereocenters. The molecule has 8 heteroatoms. The zero-order valence-corrected chi connectivity index (χ0v) is 17.8. The van der Waals surface area contributed by atoms with Crippen LogP contribution < -0.4 is 5.32 Å². The Morgan fingerprint density at radius 2 is 1.87 bits per heavy atom.